The van der Waals surface area contributed by atoms with Gasteiger partial charge in [-0.05, 0) is 43.7 Å². The quantitative estimate of drug-likeness (QED) is 0.905. The molecule has 1 atom stereocenters. The Labute approximate surface area is 146 Å². The van der Waals surface area contributed by atoms with E-state index in [0.717, 1.165) is 25.7 Å². The van der Waals surface area contributed by atoms with E-state index >= 15 is 0 Å². The molecule has 1 aromatic heterocycles. The lowest BCUT2D eigenvalue weighted by Crippen LogP contribution is -2.36. The van der Waals surface area contributed by atoms with Crippen molar-refractivity contribution in [3.8, 4) is 0 Å². The maximum absolute atomic E-state index is 13.4. The summed E-state index contributed by atoms with van der Waals surface area (Å²) in [5.74, 6) is -0.828. The summed E-state index contributed by atoms with van der Waals surface area (Å²) < 4.78 is 5.38. The number of aryl methyl sites for hydroxylation is 2. The Hall–Kier alpha value is -2.56. The van der Waals surface area contributed by atoms with Crippen molar-refractivity contribution in [2.45, 2.75) is 51.1 Å². The first-order valence-corrected chi connectivity index (χ1v) is 8.75. The number of carbonyl (C=O) groups is 2. The number of furan rings is 1. The van der Waals surface area contributed by atoms with Gasteiger partial charge >= 0.3 is 5.97 Å². The molecular formula is C20H21NO4. The summed E-state index contributed by atoms with van der Waals surface area (Å²) in [4.78, 5) is 26.5. The first-order chi connectivity index (χ1) is 12.1. The van der Waals surface area contributed by atoms with Crippen LogP contribution in [0.4, 0.5) is 0 Å². The summed E-state index contributed by atoms with van der Waals surface area (Å²) in [5, 5.41) is 9.10. The third kappa shape index (κ3) is 2.84. The molecule has 2 aliphatic rings. The van der Waals surface area contributed by atoms with Crippen LogP contribution >= 0.6 is 0 Å². The predicted molar refractivity (Wildman–Crippen MR) is 91.5 cm³/mol. The van der Waals surface area contributed by atoms with E-state index < -0.39 is 5.97 Å². The number of amides is 1. The molecule has 1 amide bonds. The molecule has 1 heterocycles. The van der Waals surface area contributed by atoms with E-state index in [4.69, 9.17) is 9.52 Å². The second-order valence-electron chi connectivity index (χ2n) is 6.98. The van der Waals surface area contributed by atoms with Crippen LogP contribution in [0.5, 0.6) is 0 Å². The molecular weight excluding hydrogens is 318 g/mol. The molecule has 1 unspecified atom stereocenters. The van der Waals surface area contributed by atoms with E-state index in [0.29, 0.717) is 11.1 Å². The lowest BCUT2D eigenvalue weighted by Gasteiger charge is -2.30. The molecule has 130 valence electrons. The number of aliphatic carboxylic acids is 1. The van der Waals surface area contributed by atoms with Crippen LogP contribution in [0.25, 0.3) is 0 Å². The molecule has 5 heteroatoms. The van der Waals surface area contributed by atoms with Crippen LogP contribution in [-0.4, -0.2) is 27.9 Å². The van der Waals surface area contributed by atoms with Crippen molar-refractivity contribution in [3.63, 3.8) is 0 Å². The maximum atomic E-state index is 13.4. The van der Waals surface area contributed by atoms with Crippen LogP contribution in [0.2, 0.25) is 0 Å². The highest BCUT2D eigenvalue weighted by Crippen LogP contribution is 2.43. The second-order valence-corrected chi connectivity index (χ2v) is 6.98. The van der Waals surface area contributed by atoms with Gasteiger partial charge in [-0.25, -0.2) is 0 Å². The molecule has 2 aromatic rings. The van der Waals surface area contributed by atoms with Crippen LogP contribution in [0.15, 0.2) is 34.9 Å². The monoisotopic (exact) mass is 339 g/mol. The first-order valence-electron chi connectivity index (χ1n) is 8.75. The molecule has 0 bridgehead atoms. The minimum Gasteiger partial charge on any atom is -0.481 e. The van der Waals surface area contributed by atoms with Crippen molar-refractivity contribution in [2.75, 3.05) is 0 Å². The summed E-state index contributed by atoms with van der Waals surface area (Å²) in [7, 11) is 0. The number of hydrogen-bond acceptors (Lipinski definition) is 3. The maximum Gasteiger partial charge on any atom is 0.311 e. The molecule has 2 aliphatic carbocycles. The summed E-state index contributed by atoms with van der Waals surface area (Å²) in [6.45, 7) is 1.80. The number of carboxylic acid groups (broad SMARTS) is 1. The first kappa shape index (κ1) is 15.9. The zero-order valence-electron chi connectivity index (χ0n) is 14.2. The lowest BCUT2D eigenvalue weighted by molar-refractivity contribution is -0.136. The Balaban J connectivity index is 1.70. The molecule has 25 heavy (non-hydrogen) atoms. The fourth-order valence-electron chi connectivity index (χ4n) is 3.92. The topological polar surface area (TPSA) is 70.7 Å². The summed E-state index contributed by atoms with van der Waals surface area (Å²) in [6, 6.07) is 8.61. The van der Waals surface area contributed by atoms with Gasteiger partial charge in [0.1, 0.15) is 12.2 Å². The molecule has 1 aromatic carbocycles. The van der Waals surface area contributed by atoms with E-state index in [1.807, 2.05) is 17.0 Å². The van der Waals surface area contributed by atoms with Gasteiger partial charge in [0, 0.05) is 11.6 Å². The van der Waals surface area contributed by atoms with Gasteiger partial charge in [0.2, 0.25) is 0 Å². The van der Waals surface area contributed by atoms with Gasteiger partial charge in [-0.2, -0.15) is 0 Å². The van der Waals surface area contributed by atoms with Gasteiger partial charge in [0.05, 0.1) is 17.9 Å². The van der Waals surface area contributed by atoms with Crippen molar-refractivity contribution in [1.82, 2.24) is 4.90 Å². The minimum atomic E-state index is -0.993. The summed E-state index contributed by atoms with van der Waals surface area (Å²) >= 11 is 0. The number of carboxylic acids is 1. The van der Waals surface area contributed by atoms with E-state index in [1.165, 1.54) is 17.4 Å². The van der Waals surface area contributed by atoms with E-state index in [9.17, 15) is 9.59 Å². The van der Waals surface area contributed by atoms with E-state index in [-0.39, 0.29) is 30.2 Å². The minimum absolute atomic E-state index is 0.0724. The van der Waals surface area contributed by atoms with Gasteiger partial charge in [-0.3, -0.25) is 9.59 Å². The van der Waals surface area contributed by atoms with Gasteiger partial charge < -0.3 is 14.4 Å². The summed E-state index contributed by atoms with van der Waals surface area (Å²) in [6.07, 6.45) is 5.13. The van der Waals surface area contributed by atoms with Crippen LogP contribution in [0.1, 0.15) is 58.1 Å². The number of nitrogens with zero attached hydrogens (tertiary/aromatic N) is 1. The molecule has 0 radical (unpaired) electrons. The van der Waals surface area contributed by atoms with Crippen molar-refractivity contribution in [3.05, 3.63) is 58.5 Å². The van der Waals surface area contributed by atoms with E-state index in [2.05, 4.69) is 12.1 Å². The van der Waals surface area contributed by atoms with Crippen LogP contribution < -0.4 is 0 Å². The normalized spacial score (nSPS) is 18.8. The zero-order valence-corrected chi connectivity index (χ0v) is 14.2. The Morgan fingerprint density at radius 1 is 1.24 bits per heavy atom. The highest BCUT2D eigenvalue weighted by Gasteiger charge is 2.42. The number of hydrogen-bond donors (Lipinski definition) is 1. The van der Waals surface area contributed by atoms with Crippen molar-refractivity contribution < 1.29 is 19.1 Å². The van der Waals surface area contributed by atoms with E-state index in [1.54, 1.807) is 6.92 Å². The number of carbonyl (C=O) groups excluding carboxylic acids is 1. The van der Waals surface area contributed by atoms with Crippen molar-refractivity contribution in [2.24, 2.45) is 0 Å². The SMILES string of the molecule is Cc1coc(CC(=O)O)c1C(=O)N(C1CC1)C1CCc2ccccc21. The average molecular weight is 339 g/mol. The van der Waals surface area contributed by atoms with Gasteiger partial charge in [0.25, 0.3) is 5.91 Å². The Kier molecular flexibility index (Phi) is 3.86. The van der Waals surface area contributed by atoms with Crippen LogP contribution in [0.3, 0.4) is 0 Å². The standard InChI is InChI=1S/C20H21NO4/c1-12-11-25-17(10-18(22)23)19(12)20(24)21(14-7-8-14)16-9-6-13-4-2-3-5-15(13)16/h2-5,11,14,16H,6-10H2,1H3,(H,22,23). The molecule has 0 saturated heterocycles. The highest BCUT2D eigenvalue weighted by atomic mass is 16.4. The van der Waals surface area contributed by atoms with Crippen molar-refractivity contribution in [1.29, 1.82) is 0 Å². The summed E-state index contributed by atoms with van der Waals surface area (Å²) in [5.41, 5.74) is 3.67. The molecule has 1 fully saturated rings. The van der Waals surface area contributed by atoms with Crippen molar-refractivity contribution >= 4 is 11.9 Å². The van der Waals surface area contributed by atoms with Crippen LogP contribution in [0, 0.1) is 6.92 Å². The molecule has 5 nitrogen and oxygen atoms in total. The lowest BCUT2D eigenvalue weighted by atomic mass is 10.0. The zero-order chi connectivity index (χ0) is 17.6. The fraction of sp³-hybridized carbons (Fsp3) is 0.400. The molecule has 4 rings (SSSR count). The molecule has 1 saturated carbocycles. The molecule has 1 N–H and O–H groups in total. The van der Waals surface area contributed by atoms with Gasteiger partial charge in [0.15, 0.2) is 0 Å². The van der Waals surface area contributed by atoms with Gasteiger partial charge in [-0.1, -0.05) is 24.3 Å². The number of benzene rings is 1. The Morgan fingerprint density at radius 2 is 2.00 bits per heavy atom. The smallest absolute Gasteiger partial charge is 0.311 e. The van der Waals surface area contributed by atoms with Crippen LogP contribution in [-0.2, 0) is 17.6 Å². The highest BCUT2D eigenvalue weighted by molar-refractivity contribution is 5.98. The van der Waals surface area contributed by atoms with Gasteiger partial charge in [-0.15, -0.1) is 0 Å². The number of fused-ring (bicyclic) bond motifs is 1. The third-order valence-electron chi connectivity index (χ3n) is 5.19. The molecule has 0 aliphatic heterocycles. The Bertz CT molecular complexity index is 834. The predicted octanol–water partition coefficient (Wildman–Crippen LogP) is 3.51. The molecule has 0 spiro atoms. The number of rotatable bonds is 5. The fourth-order valence-corrected chi connectivity index (χ4v) is 3.92. The third-order valence-corrected chi connectivity index (χ3v) is 5.19. The average Bonchev–Trinajstić information content (AvgIpc) is 3.22. The largest absolute Gasteiger partial charge is 0.481 e. The Morgan fingerprint density at radius 3 is 2.72 bits per heavy atom. The second kappa shape index (κ2) is 6.06.